The largest absolute Gasteiger partial charge is 0.384 e. The molecule has 1 heterocycles. The highest BCUT2D eigenvalue weighted by Gasteiger charge is 2.08. The molecule has 19 heavy (non-hydrogen) atoms. The Balaban J connectivity index is 2.12. The SMILES string of the molecule is Cn1ncc(CNc2ccc(C(N)=O)cc2Cl)c1N. The van der Waals surface area contributed by atoms with E-state index in [1.165, 1.54) is 6.07 Å². The molecule has 7 heteroatoms. The van der Waals surface area contributed by atoms with E-state index in [-0.39, 0.29) is 0 Å². The fourth-order valence-corrected chi connectivity index (χ4v) is 1.88. The molecule has 0 fully saturated rings. The topological polar surface area (TPSA) is 99.0 Å². The van der Waals surface area contributed by atoms with E-state index in [1.807, 2.05) is 0 Å². The van der Waals surface area contributed by atoms with Crippen LogP contribution in [0.2, 0.25) is 5.02 Å². The van der Waals surface area contributed by atoms with Crippen LogP contribution in [0.3, 0.4) is 0 Å². The van der Waals surface area contributed by atoms with Crippen LogP contribution in [0, 0.1) is 0 Å². The van der Waals surface area contributed by atoms with E-state index >= 15 is 0 Å². The fourth-order valence-electron chi connectivity index (χ4n) is 1.63. The van der Waals surface area contributed by atoms with Crippen molar-refractivity contribution in [2.24, 2.45) is 12.8 Å². The van der Waals surface area contributed by atoms with Gasteiger partial charge in [-0.15, -0.1) is 0 Å². The van der Waals surface area contributed by atoms with Crippen molar-refractivity contribution >= 4 is 29.0 Å². The molecular weight excluding hydrogens is 266 g/mol. The van der Waals surface area contributed by atoms with Crippen molar-refractivity contribution in [3.05, 3.63) is 40.5 Å². The predicted molar refractivity (Wildman–Crippen MR) is 74.9 cm³/mol. The summed E-state index contributed by atoms with van der Waals surface area (Å²) in [7, 11) is 1.77. The summed E-state index contributed by atoms with van der Waals surface area (Å²) in [6.45, 7) is 0.495. The summed E-state index contributed by atoms with van der Waals surface area (Å²) in [6.07, 6.45) is 1.69. The number of benzene rings is 1. The van der Waals surface area contributed by atoms with E-state index in [1.54, 1.807) is 30.1 Å². The van der Waals surface area contributed by atoms with Crippen molar-refractivity contribution < 1.29 is 4.79 Å². The lowest BCUT2D eigenvalue weighted by Crippen LogP contribution is -2.11. The van der Waals surface area contributed by atoms with Gasteiger partial charge < -0.3 is 16.8 Å². The molecule has 1 aromatic carbocycles. The van der Waals surface area contributed by atoms with Crippen LogP contribution in [-0.2, 0) is 13.6 Å². The van der Waals surface area contributed by atoms with Crippen molar-refractivity contribution in [2.75, 3.05) is 11.1 Å². The minimum atomic E-state index is -0.509. The number of nitrogens with one attached hydrogen (secondary N) is 1. The van der Waals surface area contributed by atoms with E-state index in [4.69, 9.17) is 23.1 Å². The number of nitrogens with zero attached hydrogens (tertiary/aromatic N) is 2. The zero-order valence-electron chi connectivity index (χ0n) is 10.4. The Morgan fingerprint density at radius 3 is 2.79 bits per heavy atom. The van der Waals surface area contributed by atoms with Crippen LogP contribution in [-0.4, -0.2) is 15.7 Å². The Morgan fingerprint density at radius 1 is 1.53 bits per heavy atom. The highest BCUT2D eigenvalue weighted by atomic mass is 35.5. The fraction of sp³-hybridized carbons (Fsp3) is 0.167. The summed E-state index contributed by atoms with van der Waals surface area (Å²) >= 11 is 6.06. The van der Waals surface area contributed by atoms with Crippen molar-refractivity contribution in [1.29, 1.82) is 0 Å². The lowest BCUT2D eigenvalue weighted by molar-refractivity contribution is 0.100. The van der Waals surface area contributed by atoms with Gasteiger partial charge in [-0.1, -0.05) is 11.6 Å². The lowest BCUT2D eigenvalue weighted by Gasteiger charge is -2.08. The van der Waals surface area contributed by atoms with Crippen molar-refractivity contribution in [1.82, 2.24) is 9.78 Å². The Hall–Kier alpha value is -2.21. The first-order valence-corrected chi connectivity index (χ1v) is 5.96. The molecule has 2 rings (SSSR count). The molecule has 5 N–H and O–H groups in total. The molecule has 6 nitrogen and oxygen atoms in total. The third-order valence-electron chi connectivity index (χ3n) is 2.79. The average Bonchev–Trinajstić information content (AvgIpc) is 2.68. The second kappa shape index (κ2) is 5.19. The first kappa shape index (κ1) is 13.2. The molecule has 0 bridgehead atoms. The highest BCUT2D eigenvalue weighted by molar-refractivity contribution is 6.33. The number of halogens is 1. The number of hydrogen-bond acceptors (Lipinski definition) is 4. The van der Waals surface area contributed by atoms with E-state index in [9.17, 15) is 4.79 Å². The molecule has 0 saturated carbocycles. The summed E-state index contributed by atoms with van der Waals surface area (Å²) in [6, 6.07) is 4.84. The number of amides is 1. The van der Waals surface area contributed by atoms with Gasteiger partial charge in [-0.2, -0.15) is 5.10 Å². The number of nitrogens with two attached hydrogens (primary N) is 2. The van der Waals surface area contributed by atoms with Crippen molar-refractivity contribution in [3.63, 3.8) is 0 Å². The van der Waals surface area contributed by atoms with Gasteiger partial charge in [0.05, 0.1) is 16.9 Å². The second-order valence-corrected chi connectivity index (χ2v) is 4.50. The van der Waals surface area contributed by atoms with Crippen LogP contribution in [0.1, 0.15) is 15.9 Å². The van der Waals surface area contributed by atoms with Gasteiger partial charge >= 0.3 is 0 Å². The molecule has 0 unspecified atom stereocenters. The minimum Gasteiger partial charge on any atom is -0.384 e. The summed E-state index contributed by atoms with van der Waals surface area (Å²) in [5, 5.41) is 7.61. The molecule has 0 atom stereocenters. The zero-order valence-corrected chi connectivity index (χ0v) is 11.1. The number of aryl methyl sites for hydroxylation is 1. The van der Waals surface area contributed by atoms with Gasteiger partial charge in [-0.3, -0.25) is 9.48 Å². The number of nitrogen functional groups attached to an aromatic ring is 1. The molecule has 0 aliphatic carbocycles. The summed E-state index contributed by atoms with van der Waals surface area (Å²) in [5.74, 6) is 0.0855. The Labute approximate surface area is 115 Å². The number of carbonyl (C=O) groups is 1. The number of primary amides is 1. The zero-order chi connectivity index (χ0) is 14.0. The van der Waals surface area contributed by atoms with Crippen LogP contribution in [0.5, 0.6) is 0 Å². The molecule has 0 spiro atoms. The number of carbonyl (C=O) groups excluding carboxylic acids is 1. The summed E-state index contributed by atoms with van der Waals surface area (Å²) in [5.41, 5.74) is 13.0. The molecule has 0 radical (unpaired) electrons. The van der Waals surface area contributed by atoms with Gasteiger partial charge in [0.2, 0.25) is 5.91 Å². The molecule has 0 saturated heterocycles. The van der Waals surface area contributed by atoms with Gasteiger partial charge in [-0.05, 0) is 18.2 Å². The Kier molecular flexibility index (Phi) is 3.62. The summed E-state index contributed by atoms with van der Waals surface area (Å²) in [4.78, 5) is 11.0. The normalized spacial score (nSPS) is 10.4. The van der Waals surface area contributed by atoms with Crippen LogP contribution in [0.25, 0.3) is 0 Å². The van der Waals surface area contributed by atoms with Gasteiger partial charge in [0.25, 0.3) is 0 Å². The number of anilines is 2. The van der Waals surface area contributed by atoms with Crippen LogP contribution in [0.4, 0.5) is 11.5 Å². The number of hydrogen-bond donors (Lipinski definition) is 3. The van der Waals surface area contributed by atoms with E-state index in [0.717, 1.165) is 5.56 Å². The number of rotatable bonds is 4. The maximum atomic E-state index is 11.0. The van der Waals surface area contributed by atoms with Gasteiger partial charge in [-0.25, -0.2) is 0 Å². The monoisotopic (exact) mass is 279 g/mol. The Bertz CT molecular complexity index is 623. The van der Waals surface area contributed by atoms with E-state index in [0.29, 0.717) is 28.6 Å². The standard InChI is InChI=1S/C12H14ClN5O/c1-18-11(14)8(6-17-18)5-16-10-3-2-7(12(15)19)4-9(10)13/h2-4,6,16H,5,14H2,1H3,(H2,15,19). The van der Waals surface area contributed by atoms with Gasteiger partial charge in [0.1, 0.15) is 5.82 Å². The molecule has 0 aliphatic rings. The predicted octanol–water partition coefficient (Wildman–Crippen LogP) is 1.37. The molecule has 100 valence electrons. The third kappa shape index (κ3) is 2.79. The molecule has 2 aromatic rings. The highest BCUT2D eigenvalue weighted by Crippen LogP contribution is 2.24. The van der Waals surface area contributed by atoms with Crippen molar-refractivity contribution in [2.45, 2.75) is 6.54 Å². The third-order valence-corrected chi connectivity index (χ3v) is 3.10. The van der Waals surface area contributed by atoms with Crippen LogP contribution >= 0.6 is 11.6 Å². The number of aromatic nitrogens is 2. The minimum absolute atomic E-state index is 0.372. The first-order chi connectivity index (χ1) is 8.99. The maximum Gasteiger partial charge on any atom is 0.248 e. The second-order valence-electron chi connectivity index (χ2n) is 4.09. The average molecular weight is 280 g/mol. The van der Waals surface area contributed by atoms with Crippen LogP contribution in [0.15, 0.2) is 24.4 Å². The van der Waals surface area contributed by atoms with Gasteiger partial charge in [0.15, 0.2) is 0 Å². The Morgan fingerprint density at radius 2 is 2.26 bits per heavy atom. The van der Waals surface area contributed by atoms with Crippen molar-refractivity contribution in [3.8, 4) is 0 Å². The first-order valence-electron chi connectivity index (χ1n) is 5.58. The maximum absolute atomic E-state index is 11.0. The lowest BCUT2D eigenvalue weighted by atomic mass is 10.2. The molecular formula is C12H14ClN5O. The molecule has 1 aromatic heterocycles. The summed E-state index contributed by atoms with van der Waals surface area (Å²) < 4.78 is 1.59. The quantitative estimate of drug-likeness (QED) is 0.787. The smallest absolute Gasteiger partial charge is 0.248 e. The van der Waals surface area contributed by atoms with E-state index in [2.05, 4.69) is 10.4 Å². The van der Waals surface area contributed by atoms with Crippen LogP contribution < -0.4 is 16.8 Å². The molecule has 0 aliphatic heterocycles. The van der Waals surface area contributed by atoms with E-state index < -0.39 is 5.91 Å². The van der Waals surface area contributed by atoms with Gasteiger partial charge in [0, 0.05) is 24.7 Å². The molecule has 1 amide bonds.